The van der Waals surface area contributed by atoms with E-state index in [0.717, 1.165) is 18.7 Å². The van der Waals surface area contributed by atoms with Crippen molar-refractivity contribution in [2.75, 3.05) is 11.4 Å². The van der Waals surface area contributed by atoms with Gasteiger partial charge in [-0.05, 0) is 30.7 Å². The Bertz CT molecular complexity index is 352. The molecule has 1 fully saturated rings. The van der Waals surface area contributed by atoms with Gasteiger partial charge in [-0.15, -0.1) is 0 Å². The van der Waals surface area contributed by atoms with Crippen molar-refractivity contribution in [2.45, 2.75) is 11.2 Å². The maximum Gasteiger partial charge on any atom is 0.240 e. The molecular formula is C10H9BrClNO. The third-order valence-corrected chi connectivity index (χ3v) is 3.38. The fourth-order valence-electron chi connectivity index (χ4n) is 1.52. The highest BCUT2D eigenvalue weighted by molar-refractivity contribution is 9.10. The lowest BCUT2D eigenvalue weighted by Crippen LogP contribution is -2.26. The molecule has 2 nitrogen and oxygen atoms in total. The van der Waals surface area contributed by atoms with Gasteiger partial charge >= 0.3 is 0 Å². The van der Waals surface area contributed by atoms with E-state index in [1.165, 1.54) is 0 Å². The summed E-state index contributed by atoms with van der Waals surface area (Å²) >= 11 is 9.11. The Hall–Kier alpha value is -0.540. The summed E-state index contributed by atoms with van der Waals surface area (Å²) in [6.45, 7) is 0.774. The van der Waals surface area contributed by atoms with Gasteiger partial charge in [-0.1, -0.05) is 27.5 Å². The van der Waals surface area contributed by atoms with Gasteiger partial charge in [0.2, 0.25) is 5.91 Å². The van der Waals surface area contributed by atoms with Crippen molar-refractivity contribution < 1.29 is 4.79 Å². The zero-order chi connectivity index (χ0) is 10.1. The molecular weight excluding hydrogens is 265 g/mol. The molecule has 14 heavy (non-hydrogen) atoms. The maximum atomic E-state index is 11.6. The van der Waals surface area contributed by atoms with Gasteiger partial charge in [0.15, 0.2) is 0 Å². The number of alkyl halides is 1. The molecule has 1 unspecified atom stereocenters. The lowest BCUT2D eigenvalue weighted by molar-refractivity contribution is -0.116. The number of rotatable bonds is 1. The highest BCUT2D eigenvalue weighted by Gasteiger charge is 2.30. The first kappa shape index (κ1) is 9.99. The average Bonchev–Trinajstić information content (AvgIpc) is 2.50. The lowest BCUT2D eigenvalue weighted by atomic mass is 10.3. The summed E-state index contributed by atoms with van der Waals surface area (Å²) in [6, 6.07) is 7.33. The molecule has 4 heteroatoms. The molecule has 1 aliphatic heterocycles. The normalized spacial score (nSPS) is 21.7. The third kappa shape index (κ3) is 1.79. The van der Waals surface area contributed by atoms with Crippen molar-refractivity contribution in [3.8, 4) is 0 Å². The molecule has 1 aliphatic rings. The Kier molecular flexibility index (Phi) is 2.79. The minimum atomic E-state index is -0.0295. The number of nitrogens with zero attached hydrogens (tertiary/aromatic N) is 1. The number of hydrogen-bond acceptors (Lipinski definition) is 1. The molecule has 1 aromatic carbocycles. The van der Waals surface area contributed by atoms with Crippen molar-refractivity contribution >= 4 is 39.1 Å². The van der Waals surface area contributed by atoms with Crippen LogP contribution in [0.2, 0.25) is 5.02 Å². The fraction of sp³-hybridized carbons (Fsp3) is 0.300. The van der Waals surface area contributed by atoms with E-state index in [2.05, 4.69) is 15.9 Å². The minimum absolute atomic E-state index is 0.0295. The molecule has 1 aromatic rings. The van der Waals surface area contributed by atoms with Gasteiger partial charge in [-0.2, -0.15) is 0 Å². The van der Waals surface area contributed by atoms with Crippen LogP contribution in [0.4, 0.5) is 5.69 Å². The molecule has 0 saturated carbocycles. The smallest absolute Gasteiger partial charge is 0.240 e. The Balaban J connectivity index is 2.24. The van der Waals surface area contributed by atoms with E-state index in [1.807, 2.05) is 12.1 Å². The predicted octanol–water partition coefficient (Wildman–Crippen LogP) is 2.84. The number of hydrogen-bond donors (Lipinski definition) is 0. The molecule has 0 aromatic heterocycles. The molecule has 0 radical (unpaired) electrons. The monoisotopic (exact) mass is 273 g/mol. The first-order valence-corrected chi connectivity index (χ1v) is 5.69. The highest BCUT2D eigenvalue weighted by atomic mass is 79.9. The van der Waals surface area contributed by atoms with Gasteiger partial charge in [0, 0.05) is 17.3 Å². The van der Waals surface area contributed by atoms with Crippen LogP contribution in [-0.2, 0) is 4.79 Å². The highest BCUT2D eigenvalue weighted by Crippen LogP contribution is 2.26. The molecule has 2 rings (SSSR count). The summed E-state index contributed by atoms with van der Waals surface area (Å²) in [5, 5.41) is 0.691. The van der Waals surface area contributed by atoms with Crippen LogP contribution in [0.15, 0.2) is 24.3 Å². The van der Waals surface area contributed by atoms with Gasteiger partial charge in [0.05, 0.1) is 4.83 Å². The Morgan fingerprint density at radius 3 is 2.50 bits per heavy atom. The number of benzene rings is 1. The van der Waals surface area contributed by atoms with E-state index in [-0.39, 0.29) is 10.7 Å². The van der Waals surface area contributed by atoms with Gasteiger partial charge in [-0.25, -0.2) is 0 Å². The number of carbonyl (C=O) groups is 1. The van der Waals surface area contributed by atoms with Gasteiger partial charge in [0.25, 0.3) is 0 Å². The van der Waals surface area contributed by atoms with Crippen LogP contribution in [0.25, 0.3) is 0 Å². The third-order valence-electron chi connectivity index (χ3n) is 2.28. The second kappa shape index (κ2) is 3.91. The summed E-state index contributed by atoms with van der Waals surface area (Å²) in [7, 11) is 0. The predicted molar refractivity (Wildman–Crippen MR) is 61.1 cm³/mol. The number of amides is 1. The largest absolute Gasteiger partial charge is 0.311 e. The van der Waals surface area contributed by atoms with Gasteiger partial charge in [0.1, 0.15) is 0 Å². The van der Waals surface area contributed by atoms with Gasteiger partial charge in [-0.3, -0.25) is 4.79 Å². The van der Waals surface area contributed by atoms with E-state index < -0.39 is 0 Å². The van der Waals surface area contributed by atoms with Crippen molar-refractivity contribution in [1.82, 2.24) is 0 Å². The summed E-state index contributed by atoms with van der Waals surface area (Å²) in [5.41, 5.74) is 0.918. The topological polar surface area (TPSA) is 20.3 Å². The van der Waals surface area contributed by atoms with E-state index in [9.17, 15) is 4.79 Å². The van der Waals surface area contributed by atoms with E-state index in [4.69, 9.17) is 11.6 Å². The molecule has 0 spiro atoms. The molecule has 1 saturated heterocycles. The Morgan fingerprint density at radius 1 is 1.36 bits per heavy atom. The van der Waals surface area contributed by atoms with Crippen molar-refractivity contribution in [3.05, 3.63) is 29.3 Å². The van der Waals surface area contributed by atoms with Crippen LogP contribution in [-0.4, -0.2) is 17.3 Å². The van der Waals surface area contributed by atoms with Crippen LogP contribution in [0.3, 0.4) is 0 Å². The molecule has 1 heterocycles. The lowest BCUT2D eigenvalue weighted by Gasteiger charge is -2.15. The van der Waals surface area contributed by atoms with Gasteiger partial charge < -0.3 is 4.90 Å². The maximum absolute atomic E-state index is 11.6. The van der Waals surface area contributed by atoms with Crippen LogP contribution in [0, 0.1) is 0 Å². The SMILES string of the molecule is O=C1C(Br)CCN1c1ccc(Cl)cc1. The second-order valence-electron chi connectivity index (χ2n) is 3.22. The van der Waals surface area contributed by atoms with E-state index in [0.29, 0.717) is 5.02 Å². The van der Waals surface area contributed by atoms with Crippen molar-refractivity contribution in [2.24, 2.45) is 0 Å². The van der Waals surface area contributed by atoms with Crippen LogP contribution in [0.1, 0.15) is 6.42 Å². The first-order valence-electron chi connectivity index (χ1n) is 4.39. The van der Waals surface area contributed by atoms with Crippen LogP contribution in [0.5, 0.6) is 0 Å². The zero-order valence-electron chi connectivity index (χ0n) is 7.41. The van der Waals surface area contributed by atoms with Crippen LogP contribution < -0.4 is 4.90 Å². The minimum Gasteiger partial charge on any atom is -0.311 e. The molecule has 0 N–H and O–H groups in total. The number of halogens is 2. The summed E-state index contributed by atoms with van der Waals surface area (Å²) in [5.74, 6) is 0.132. The van der Waals surface area contributed by atoms with Crippen molar-refractivity contribution in [1.29, 1.82) is 0 Å². The summed E-state index contributed by atoms with van der Waals surface area (Å²) in [6.07, 6.45) is 0.863. The second-order valence-corrected chi connectivity index (χ2v) is 4.76. The quantitative estimate of drug-likeness (QED) is 0.721. The zero-order valence-corrected chi connectivity index (χ0v) is 9.75. The van der Waals surface area contributed by atoms with E-state index in [1.54, 1.807) is 17.0 Å². The number of anilines is 1. The average molecular weight is 275 g/mol. The van der Waals surface area contributed by atoms with Crippen molar-refractivity contribution in [3.63, 3.8) is 0 Å². The first-order chi connectivity index (χ1) is 6.68. The van der Waals surface area contributed by atoms with E-state index >= 15 is 0 Å². The Morgan fingerprint density at radius 2 is 2.00 bits per heavy atom. The van der Waals surface area contributed by atoms with Crippen LogP contribution >= 0.6 is 27.5 Å². The number of carbonyl (C=O) groups excluding carboxylic acids is 1. The summed E-state index contributed by atoms with van der Waals surface area (Å²) in [4.78, 5) is 13.4. The Labute approximate surface area is 96.0 Å². The fourth-order valence-corrected chi connectivity index (χ4v) is 2.10. The summed E-state index contributed by atoms with van der Waals surface area (Å²) < 4.78 is 0. The molecule has 1 amide bonds. The standard InChI is InChI=1S/C10H9BrClNO/c11-9-5-6-13(10(9)14)8-3-1-7(12)2-4-8/h1-4,9H,5-6H2. The molecule has 0 aliphatic carbocycles. The molecule has 0 bridgehead atoms. The molecule has 1 atom stereocenters. The molecule has 74 valence electrons.